The van der Waals surface area contributed by atoms with Gasteiger partial charge in [0.1, 0.15) is 5.75 Å². The van der Waals surface area contributed by atoms with Gasteiger partial charge in [-0.15, -0.1) is 0 Å². The van der Waals surface area contributed by atoms with Crippen LogP contribution in [0.5, 0.6) is 5.75 Å². The lowest BCUT2D eigenvalue weighted by molar-refractivity contribution is -0.151. The van der Waals surface area contributed by atoms with Crippen molar-refractivity contribution in [3.63, 3.8) is 0 Å². The second-order valence-corrected chi connectivity index (χ2v) is 6.32. The van der Waals surface area contributed by atoms with E-state index in [9.17, 15) is 13.2 Å². The molecule has 0 spiro atoms. The number of hydrogen-bond donors (Lipinski definition) is 0. The van der Waals surface area contributed by atoms with Crippen LogP contribution in [-0.2, 0) is 35.0 Å². The van der Waals surface area contributed by atoms with Gasteiger partial charge in [-0.25, -0.2) is 4.79 Å². The molecule has 0 aliphatic carbocycles. The third-order valence-electron chi connectivity index (χ3n) is 2.77. The molecule has 0 radical (unpaired) electrons. The number of rotatable bonds is 10. The van der Waals surface area contributed by atoms with Crippen LogP contribution in [0.1, 0.15) is 12.5 Å². The molecule has 1 unspecified atom stereocenters. The third kappa shape index (κ3) is 7.96. The molecule has 1 aromatic carbocycles. The summed E-state index contributed by atoms with van der Waals surface area (Å²) in [6, 6.07) is 7.57. The number of hydrogen-bond acceptors (Lipinski definition) is 7. The number of methoxy groups -OCH3 is 1. The van der Waals surface area contributed by atoms with Gasteiger partial charge >= 0.3 is 5.97 Å². The van der Waals surface area contributed by atoms with Crippen LogP contribution >= 0.6 is 0 Å². The Balaban J connectivity index is 2.47. The Morgan fingerprint density at radius 2 is 2.04 bits per heavy atom. The summed E-state index contributed by atoms with van der Waals surface area (Å²) in [5, 5.41) is 0. The quantitative estimate of drug-likeness (QED) is 0.357. The average Bonchev–Trinajstić information content (AvgIpc) is 2.49. The molecule has 0 aromatic heterocycles. The minimum atomic E-state index is -3.78. The smallest absolute Gasteiger partial charge is 0.338 e. The van der Waals surface area contributed by atoms with E-state index in [0.717, 1.165) is 24.7 Å². The SMILES string of the molecule is CCOc1cccc(CCOCC(OS(C)(=O)=O)C(=O)OC)c1. The Bertz CT molecular complexity index is 598. The van der Waals surface area contributed by atoms with Crippen molar-refractivity contribution < 1.29 is 31.6 Å². The van der Waals surface area contributed by atoms with Gasteiger partial charge in [0, 0.05) is 0 Å². The molecule has 130 valence electrons. The van der Waals surface area contributed by atoms with Crippen molar-refractivity contribution in [1.29, 1.82) is 0 Å². The van der Waals surface area contributed by atoms with Crippen LogP contribution in [0.25, 0.3) is 0 Å². The van der Waals surface area contributed by atoms with Gasteiger partial charge in [0.15, 0.2) is 6.10 Å². The summed E-state index contributed by atoms with van der Waals surface area (Å²) in [6.07, 6.45) is 0.153. The van der Waals surface area contributed by atoms with Crippen molar-refractivity contribution in [3.05, 3.63) is 29.8 Å². The van der Waals surface area contributed by atoms with Crippen LogP contribution in [0.2, 0.25) is 0 Å². The molecule has 0 amide bonds. The summed E-state index contributed by atoms with van der Waals surface area (Å²) in [5.41, 5.74) is 1.01. The maximum absolute atomic E-state index is 11.5. The first-order chi connectivity index (χ1) is 10.9. The van der Waals surface area contributed by atoms with E-state index in [2.05, 4.69) is 8.92 Å². The Morgan fingerprint density at radius 3 is 2.65 bits per heavy atom. The number of ether oxygens (including phenoxy) is 3. The molecule has 0 heterocycles. The zero-order valence-electron chi connectivity index (χ0n) is 13.5. The number of carbonyl (C=O) groups excluding carboxylic acids is 1. The summed E-state index contributed by atoms with van der Waals surface area (Å²) in [7, 11) is -2.62. The van der Waals surface area contributed by atoms with Crippen LogP contribution in [-0.4, -0.2) is 53.7 Å². The molecular formula is C15H22O7S. The largest absolute Gasteiger partial charge is 0.494 e. The zero-order valence-corrected chi connectivity index (χ0v) is 14.3. The van der Waals surface area contributed by atoms with Gasteiger partial charge in [0.25, 0.3) is 10.1 Å². The molecule has 0 N–H and O–H groups in total. The first-order valence-corrected chi connectivity index (χ1v) is 8.93. The number of carbonyl (C=O) groups is 1. The molecule has 0 fully saturated rings. The lowest BCUT2D eigenvalue weighted by Crippen LogP contribution is -2.32. The van der Waals surface area contributed by atoms with E-state index < -0.39 is 22.2 Å². The minimum absolute atomic E-state index is 0.203. The number of esters is 1. The Morgan fingerprint density at radius 1 is 1.30 bits per heavy atom. The Kier molecular flexibility index (Phi) is 8.01. The highest BCUT2D eigenvalue weighted by Crippen LogP contribution is 2.13. The van der Waals surface area contributed by atoms with Crippen LogP contribution in [0, 0.1) is 0 Å². The standard InChI is InChI=1S/C15H22O7S/c1-4-21-13-7-5-6-12(10-13)8-9-20-11-14(15(16)19-2)22-23(3,17)18/h5-7,10,14H,4,8-9,11H2,1-3H3. The molecule has 1 aromatic rings. The summed E-state index contributed by atoms with van der Waals surface area (Å²) in [5.74, 6) is -0.0217. The van der Waals surface area contributed by atoms with E-state index in [4.69, 9.17) is 9.47 Å². The normalized spacial score (nSPS) is 12.7. The molecule has 0 saturated heterocycles. The van der Waals surface area contributed by atoms with Crippen LogP contribution < -0.4 is 4.74 Å². The van der Waals surface area contributed by atoms with E-state index in [1.807, 2.05) is 31.2 Å². The van der Waals surface area contributed by atoms with E-state index in [1.54, 1.807) is 0 Å². The number of benzene rings is 1. The summed E-state index contributed by atoms with van der Waals surface area (Å²) < 4.78 is 42.1. The van der Waals surface area contributed by atoms with E-state index in [1.165, 1.54) is 0 Å². The van der Waals surface area contributed by atoms with E-state index in [-0.39, 0.29) is 6.61 Å². The van der Waals surface area contributed by atoms with Crippen molar-refractivity contribution in [3.8, 4) is 5.75 Å². The lowest BCUT2D eigenvalue weighted by atomic mass is 10.1. The molecule has 23 heavy (non-hydrogen) atoms. The lowest BCUT2D eigenvalue weighted by Gasteiger charge is -2.14. The van der Waals surface area contributed by atoms with Gasteiger partial charge < -0.3 is 14.2 Å². The van der Waals surface area contributed by atoms with Gasteiger partial charge in [0.2, 0.25) is 0 Å². The van der Waals surface area contributed by atoms with Gasteiger partial charge in [0.05, 0.1) is 33.2 Å². The topological polar surface area (TPSA) is 88.1 Å². The molecule has 1 rings (SSSR count). The Labute approximate surface area is 136 Å². The van der Waals surface area contributed by atoms with Crippen LogP contribution in [0.3, 0.4) is 0 Å². The predicted octanol–water partition coefficient (Wildman–Crippen LogP) is 1.16. The molecule has 8 heteroatoms. The molecule has 0 aliphatic rings. The van der Waals surface area contributed by atoms with E-state index >= 15 is 0 Å². The van der Waals surface area contributed by atoms with Crippen molar-refractivity contribution in [2.45, 2.75) is 19.4 Å². The highest BCUT2D eigenvalue weighted by molar-refractivity contribution is 7.86. The fourth-order valence-electron chi connectivity index (χ4n) is 1.82. The maximum Gasteiger partial charge on any atom is 0.338 e. The Hall–Kier alpha value is -1.64. The molecule has 0 saturated carbocycles. The van der Waals surface area contributed by atoms with Gasteiger partial charge in [-0.2, -0.15) is 8.42 Å². The van der Waals surface area contributed by atoms with Crippen molar-refractivity contribution >= 4 is 16.1 Å². The summed E-state index contributed by atoms with van der Waals surface area (Å²) >= 11 is 0. The highest BCUT2D eigenvalue weighted by Gasteiger charge is 2.24. The van der Waals surface area contributed by atoms with Gasteiger partial charge in [-0.3, -0.25) is 4.18 Å². The maximum atomic E-state index is 11.5. The first-order valence-electron chi connectivity index (χ1n) is 7.11. The summed E-state index contributed by atoms with van der Waals surface area (Å²) in [6.45, 7) is 2.59. The fraction of sp³-hybridized carbons (Fsp3) is 0.533. The van der Waals surface area contributed by atoms with E-state index in [0.29, 0.717) is 19.6 Å². The van der Waals surface area contributed by atoms with Crippen LogP contribution in [0.15, 0.2) is 24.3 Å². The molecule has 1 atom stereocenters. The monoisotopic (exact) mass is 346 g/mol. The summed E-state index contributed by atoms with van der Waals surface area (Å²) in [4.78, 5) is 11.5. The molecule has 0 aliphatic heterocycles. The molecular weight excluding hydrogens is 324 g/mol. The fourth-order valence-corrected chi connectivity index (χ4v) is 2.37. The second-order valence-electron chi connectivity index (χ2n) is 4.72. The minimum Gasteiger partial charge on any atom is -0.494 e. The molecule has 7 nitrogen and oxygen atoms in total. The zero-order chi connectivity index (χ0) is 17.3. The predicted molar refractivity (Wildman–Crippen MR) is 83.9 cm³/mol. The second kappa shape index (κ2) is 9.49. The van der Waals surface area contributed by atoms with Gasteiger partial charge in [-0.1, -0.05) is 12.1 Å². The van der Waals surface area contributed by atoms with Crippen LogP contribution in [0.4, 0.5) is 0 Å². The third-order valence-corrected chi connectivity index (χ3v) is 3.35. The molecule has 0 bridgehead atoms. The highest BCUT2D eigenvalue weighted by atomic mass is 32.2. The van der Waals surface area contributed by atoms with Crippen molar-refractivity contribution in [2.75, 3.05) is 33.2 Å². The first kappa shape index (κ1) is 19.4. The van der Waals surface area contributed by atoms with Crippen molar-refractivity contribution in [2.24, 2.45) is 0 Å². The van der Waals surface area contributed by atoms with Gasteiger partial charge in [-0.05, 0) is 31.0 Å². The van der Waals surface area contributed by atoms with Crippen molar-refractivity contribution in [1.82, 2.24) is 0 Å². The average molecular weight is 346 g/mol.